The minimum atomic E-state index is 0.706. The highest BCUT2D eigenvalue weighted by molar-refractivity contribution is 7.80. The molecule has 0 aromatic heterocycles. The van der Waals surface area contributed by atoms with Crippen molar-refractivity contribution < 1.29 is 14.4 Å². The predicted octanol–water partition coefficient (Wildman–Crippen LogP) is -0.0355. The van der Waals surface area contributed by atoms with Crippen LogP contribution in [0.4, 0.5) is 0 Å². The molecule has 2 rings (SSSR count). The SMILES string of the molecule is COc1cccc(CNC(=S)NCCC[NH+]2CCOCC2)c1. The summed E-state index contributed by atoms with van der Waals surface area (Å²) in [6, 6.07) is 7.99. The summed E-state index contributed by atoms with van der Waals surface area (Å²) in [5.74, 6) is 0.867. The van der Waals surface area contributed by atoms with Crippen LogP contribution >= 0.6 is 12.2 Å². The summed E-state index contributed by atoms with van der Waals surface area (Å²) in [6.45, 7) is 6.82. The van der Waals surface area contributed by atoms with Crippen LogP contribution in [0.2, 0.25) is 0 Å². The summed E-state index contributed by atoms with van der Waals surface area (Å²) in [7, 11) is 1.68. The van der Waals surface area contributed by atoms with E-state index in [1.165, 1.54) is 6.54 Å². The zero-order valence-corrected chi connectivity index (χ0v) is 14.0. The molecular weight excluding hydrogens is 298 g/mol. The lowest BCUT2D eigenvalue weighted by Gasteiger charge is -2.23. The normalized spacial score (nSPS) is 15.3. The summed E-state index contributed by atoms with van der Waals surface area (Å²) in [5.41, 5.74) is 1.15. The number of quaternary nitrogens is 1. The summed E-state index contributed by atoms with van der Waals surface area (Å²) >= 11 is 5.30. The number of morpholine rings is 1. The zero-order chi connectivity index (χ0) is 15.6. The Morgan fingerprint density at radius 3 is 2.91 bits per heavy atom. The first-order valence-electron chi connectivity index (χ1n) is 7.84. The maximum Gasteiger partial charge on any atom is 0.166 e. The third-order valence-electron chi connectivity index (χ3n) is 3.78. The van der Waals surface area contributed by atoms with Crippen molar-refractivity contribution in [2.45, 2.75) is 13.0 Å². The van der Waals surface area contributed by atoms with E-state index in [0.29, 0.717) is 11.7 Å². The molecule has 1 aliphatic heterocycles. The Labute approximate surface area is 138 Å². The monoisotopic (exact) mass is 324 g/mol. The highest BCUT2D eigenvalue weighted by Gasteiger charge is 2.12. The highest BCUT2D eigenvalue weighted by Crippen LogP contribution is 2.11. The van der Waals surface area contributed by atoms with Gasteiger partial charge in [-0.1, -0.05) is 12.1 Å². The molecule has 1 fully saturated rings. The maximum atomic E-state index is 5.36. The molecule has 0 atom stereocenters. The van der Waals surface area contributed by atoms with Crippen molar-refractivity contribution in [3.05, 3.63) is 29.8 Å². The van der Waals surface area contributed by atoms with Crippen molar-refractivity contribution in [2.75, 3.05) is 46.5 Å². The third kappa shape index (κ3) is 6.17. The van der Waals surface area contributed by atoms with E-state index in [4.69, 9.17) is 21.7 Å². The number of hydrogen-bond acceptors (Lipinski definition) is 3. The lowest BCUT2D eigenvalue weighted by Crippen LogP contribution is -3.14. The Hall–Kier alpha value is -1.37. The lowest BCUT2D eigenvalue weighted by atomic mass is 10.2. The summed E-state index contributed by atoms with van der Waals surface area (Å²) in [4.78, 5) is 1.63. The number of ether oxygens (including phenoxy) is 2. The molecule has 1 aromatic rings. The van der Waals surface area contributed by atoms with Gasteiger partial charge in [0.25, 0.3) is 0 Å². The van der Waals surface area contributed by atoms with E-state index in [2.05, 4.69) is 16.7 Å². The summed E-state index contributed by atoms with van der Waals surface area (Å²) in [6.07, 6.45) is 1.12. The molecule has 0 unspecified atom stereocenters. The van der Waals surface area contributed by atoms with Gasteiger partial charge < -0.3 is 25.0 Å². The van der Waals surface area contributed by atoms with Crippen molar-refractivity contribution in [3.63, 3.8) is 0 Å². The molecule has 0 amide bonds. The first kappa shape index (κ1) is 17.0. The molecule has 0 saturated carbocycles. The van der Waals surface area contributed by atoms with Gasteiger partial charge in [0.05, 0.1) is 26.9 Å². The van der Waals surface area contributed by atoms with Gasteiger partial charge in [-0.05, 0) is 29.9 Å². The molecular formula is C16H26N3O2S+. The number of hydrogen-bond donors (Lipinski definition) is 3. The molecule has 1 aromatic carbocycles. The fourth-order valence-corrected chi connectivity index (χ4v) is 2.65. The van der Waals surface area contributed by atoms with Gasteiger partial charge in [-0.15, -0.1) is 0 Å². The molecule has 5 nitrogen and oxygen atoms in total. The molecule has 1 aliphatic rings. The fraction of sp³-hybridized carbons (Fsp3) is 0.562. The average molecular weight is 324 g/mol. The van der Waals surface area contributed by atoms with Gasteiger partial charge in [-0.3, -0.25) is 0 Å². The van der Waals surface area contributed by atoms with Crippen LogP contribution in [0.25, 0.3) is 0 Å². The van der Waals surface area contributed by atoms with E-state index in [-0.39, 0.29) is 0 Å². The Morgan fingerprint density at radius 1 is 1.32 bits per heavy atom. The maximum absolute atomic E-state index is 5.36. The number of benzene rings is 1. The van der Waals surface area contributed by atoms with Gasteiger partial charge >= 0.3 is 0 Å². The van der Waals surface area contributed by atoms with E-state index in [1.54, 1.807) is 12.0 Å². The topological polar surface area (TPSA) is 47.0 Å². The van der Waals surface area contributed by atoms with E-state index in [9.17, 15) is 0 Å². The minimum Gasteiger partial charge on any atom is -0.497 e. The second kappa shape index (κ2) is 9.61. The van der Waals surface area contributed by atoms with E-state index in [0.717, 1.165) is 50.6 Å². The molecule has 0 bridgehead atoms. The van der Waals surface area contributed by atoms with Crippen molar-refractivity contribution in [1.82, 2.24) is 10.6 Å². The standard InChI is InChI=1S/C16H25N3O2S/c1-20-15-5-2-4-14(12-15)13-18-16(22)17-6-3-7-19-8-10-21-11-9-19/h2,4-5,12H,3,6-11,13H2,1H3,(H2,17,18,22)/p+1. The summed E-state index contributed by atoms with van der Waals surface area (Å²) < 4.78 is 10.6. The second-order valence-corrected chi connectivity index (χ2v) is 5.84. The van der Waals surface area contributed by atoms with Gasteiger partial charge in [0, 0.05) is 19.5 Å². The van der Waals surface area contributed by atoms with Crippen molar-refractivity contribution in [3.8, 4) is 5.75 Å². The van der Waals surface area contributed by atoms with Gasteiger partial charge in [0.15, 0.2) is 5.11 Å². The fourth-order valence-electron chi connectivity index (χ4n) is 2.48. The van der Waals surface area contributed by atoms with Crippen molar-refractivity contribution in [2.24, 2.45) is 0 Å². The smallest absolute Gasteiger partial charge is 0.166 e. The van der Waals surface area contributed by atoms with Crippen molar-refractivity contribution in [1.29, 1.82) is 0 Å². The van der Waals surface area contributed by atoms with Crippen LogP contribution in [0, 0.1) is 0 Å². The van der Waals surface area contributed by atoms with Crippen LogP contribution in [-0.2, 0) is 11.3 Å². The Bertz CT molecular complexity index is 464. The van der Waals surface area contributed by atoms with Crippen LogP contribution in [0.15, 0.2) is 24.3 Å². The van der Waals surface area contributed by atoms with Gasteiger partial charge in [0.1, 0.15) is 18.8 Å². The molecule has 22 heavy (non-hydrogen) atoms. The quantitative estimate of drug-likeness (QED) is 0.486. The Morgan fingerprint density at radius 2 is 2.14 bits per heavy atom. The molecule has 3 N–H and O–H groups in total. The van der Waals surface area contributed by atoms with Crippen molar-refractivity contribution >= 4 is 17.3 Å². The van der Waals surface area contributed by atoms with Crippen LogP contribution in [0.3, 0.4) is 0 Å². The van der Waals surface area contributed by atoms with Crippen LogP contribution < -0.4 is 20.3 Å². The molecule has 0 radical (unpaired) electrons. The number of nitrogens with one attached hydrogen (secondary N) is 3. The molecule has 0 aliphatic carbocycles. The number of thiocarbonyl (C=S) groups is 1. The molecule has 1 saturated heterocycles. The highest BCUT2D eigenvalue weighted by atomic mass is 32.1. The van der Waals surface area contributed by atoms with E-state index >= 15 is 0 Å². The predicted molar refractivity (Wildman–Crippen MR) is 91.4 cm³/mol. The van der Waals surface area contributed by atoms with Crippen LogP contribution in [-0.4, -0.2) is 51.6 Å². The number of rotatable bonds is 7. The minimum absolute atomic E-state index is 0.706. The third-order valence-corrected chi connectivity index (χ3v) is 4.07. The van der Waals surface area contributed by atoms with E-state index in [1.807, 2.05) is 18.2 Å². The van der Waals surface area contributed by atoms with Crippen LogP contribution in [0.5, 0.6) is 5.75 Å². The Balaban J connectivity index is 1.57. The molecule has 122 valence electrons. The molecule has 0 spiro atoms. The van der Waals surface area contributed by atoms with Gasteiger partial charge in [0.2, 0.25) is 0 Å². The number of methoxy groups -OCH3 is 1. The molecule has 1 heterocycles. The lowest BCUT2D eigenvalue weighted by molar-refractivity contribution is -0.908. The second-order valence-electron chi connectivity index (χ2n) is 5.43. The first-order chi connectivity index (χ1) is 10.8. The zero-order valence-electron chi connectivity index (χ0n) is 13.2. The van der Waals surface area contributed by atoms with E-state index < -0.39 is 0 Å². The first-order valence-corrected chi connectivity index (χ1v) is 8.24. The largest absolute Gasteiger partial charge is 0.497 e. The van der Waals surface area contributed by atoms with Crippen LogP contribution in [0.1, 0.15) is 12.0 Å². The Kier molecular flexibility index (Phi) is 7.42. The van der Waals surface area contributed by atoms with Gasteiger partial charge in [-0.25, -0.2) is 0 Å². The summed E-state index contributed by atoms with van der Waals surface area (Å²) in [5, 5.41) is 7.20. The van der Waals surface area contributed by atoms with Gasteiger partial charge in [-0.2, -0.15) is 0 Å². The molecule has 6 heteroatoms. The average Bonchev–Trinajstić information content (AvgIpc) is 2.58.